The first kappa shape index (κ1) is 19.9. The Balaban J connectivity index is 1.18. The van der Waals surface area contributed by atoms with Gasteiger partial charge in [-0.1, -0.05) is 0 Å². The van der Waals surface area contributed by atoms with Crippen LogP contribution >= 0.6 is 0 Å². The third-order valence-electron chi connectivity index (χ3n) is 9.05. The number of quaternary nitrogens is 8. The number of nitrogens with one attached hydrogen (secondary N) is 6. The van der Waals surface area contributed by atoms with Crippen molar-refractivity contribution in [2.45, 2.75) is 13.1 Å². The number of hydrogen-bond acceptors (Lipinski definition) is 2. The van der Waals surface area contributed by atoms with Crippen LogP contribution in [-0.4, -0.2) is 103 Å². The molecule has 0 aliphatic carbocycles. The summed E-state index contributed by atoms with van der Waals surface area (Å²) in [5.41, 5.74) is 2.65. The van der Waals surface area contributed by atoms with E-state index in [0.29, 0.717) is 0 Å². The minimum Gasteiger partial charge on any atom is -0.496 e. The molecule has 1 aromatic rings. The van der Waals surface area contributed by atoms with Gasteiger partial charge in [-0.3, -0.25) is 0 Å². The van der Waals surface area contributed by atoms with E-state index in [9.17, 15) is 0 Å². The Morgan fingerprint density at radius 3 is 1.09 bits per heavy atom. The quantitative estimate of drug-likeness (QED) is 0.244. The Bertz CT molecular complexity index is 779. The van der Waals surface area contributed by atoms with Crippen molar-refractivity contribution in [2.75, 3.05) is 94.2 Å². The highest BCUT2D eigenvalue weighted by Gasteiger charge is 2.58. The summed E-state index contributed by atoms with van der Waals surface area (Å²) in [6, 6.07) is 4.64. The zero-order valence-corrected chi connectivity index (χ0v) is 19.8. The average Bonchev–Trinajstić information content (AvgIpc) is 2.72. The van der Waals surface area contributed by atoms with Gasteiger partial charge in [0.1, 0.15) is 24.6 Å². The molecule has 32 heavy (non-hydrogen) atoms. The second-order valence-electron chi connectivity index (χ2n) is 12.0. The molecule has 0 amide bonds. The second kappa shape index (κ2) is 7.00. The van der Waals surface area contributed by atoms with Gasteiger partial charge in [-0.2, -0.15) is 38.4 Å². The molecule has 0 saturated carbocycles. The van der Waals surface area contributed by atoms with Crippen LogP contribution in [0.2, 0.25) is 0 Å². The number of ether oxygens (including phenoxy) is 2. The fourth-order valence-corrected chi connectivity index (χ4v) is 8.68. The summed E-state index contributed by atoms with van der Waals surface area (Å²) in [5, 5.41) is 0. The summed E-state index contributed by atoms with van der Waals surface area (Å²) in [5.74, 6) is 2.13. The Kier molecular flexibility index (Phi) is 4.36. The first-order valence-corrected chi connectivity index (χ1v) is 12.5. The number of methoxy groups -OCH3 is 2. The van der Waals surface area contributed by atoms with Crippen LogP contribution < -0.4 is 38.9 Å². The van der Waals surface area contributed by atoms with Gasteiger partial charge in [0.25, 0.3) is 0 Å². The van der Waals surface area contributed by atoms with Crippen LogP contribution in [0.1, 0.15) is 11.1 Å². The van der Waals surface area contributed by atoms with E-state index in [-0.39, 0.29) is 0 Å². The molecule has 0 radical (unpaired) electrons. The number of nitrogens with zero attached hydrogens (tertiary/aromatic N) is 2. The van der Waals surface area contributed by atoms with E-state index in [1.165, 1.54) is 100 Å². The van der Waals surface area contributed by atoms with E-state index < -0.39 is 0 Å². The monoisotopic (exact) mass is 450 g/mol. The van der Waals surface area contributed by atoms with Crippen LogP contribution in [0.4, 0.5) is 0 Å². The van der Waals surface area contributed by atoms with E-state index in [4.69, 9.17) is 9.47 Å². The Hall–Kier alpha value is -1.50. The SMILES string of the molecule is COc1cc(C[N+]23C[NH+]4C[NH+](C[NH+](C4)C2)C3)c(OC)cc1C[N+]12C[NH+]3C[NH+](C[NH+](C3)C1)C2. The molecule has 0 unspecified atom stereocenters. The second-order valence-corrected chi connectivity index (χ2v) is 12.0. The normalized spacial score (nSPS) is 45.4. The molecule has 0 atom stereocenters. The number of benzene rings is 1. The van der Waals surface area contributed by atoms with Gasteiger partial charge in [-0.05, 0) is 12.1 Å². The van der Waals surface area contributed by atoms with Crippen molar-refractivity contribution in [2.24, 2.45) is 0 Å². The van der Waals surface area contributed by atoms with Gasteiger partial charge in [-0.25, -0.2) is 0 Å². The Morgan fingerprint density at radius 2 is 0.844 bits per heavy atom. The number of hydrogen-bond donors (Lipinski definition) is 6. The van der Waals surface area contributed by atoms with E-state index in [1.807, 2.05) is 14.2 Å². The van der Waals surface area contributed by atoms with E-state index in [0.717, 1.165) is 24.6 Å². The predicted octanol–water partition coefficient (Wildman–Crippen LogP) is -8.78. The molecule has 0 aromatic heterocycles. The molecule has 8 fully saturated rings. The van der Waals surface area contributed by atoms with Crippen molar-refractivity contribution in [1.29, 1.82) is 0 Å². The molecular formula is C22H42N8O2+8. The average molecular weight is 451 g/mol. The highest BCUT2D eigenvalue weighted by Crippen LogP contribution is 2.33. The van der Waals surface area contributed by atoms with Gasteiger partial charge in [0, 0.05) is 0 Å². The molecular weight excluding hydrogens is 408 g/mol. The molecule has 6 N–H and O–H groups in total. The lowest BCUT2D eigenvalue weighted by atomic mass is 10.0. The molecule has 9 rings (SSSR count). The molecule has 8 heterocycles. The molecule has 8 aliphatic rings. The zero-order chi connectivity index (χ0) is 21.5. The van der Waals surface area contributed by atoms with Crippen molar-refractivity contribution in [3.63, 3.8) is 0 Å². The summed E-state index contributed by atoms with van der Waals surface area (Å²) in [6.07, 6.45) is 0. The summed E-state index contributed by atoms with van der Waals surface area (Å²) in [4.78, 5) is 10.6. The molecule has 0 spiro atoms. The summed E-state index contributed by atoms with van der Waals surface area (Å²) >= 11 is 0. The number of rotatable bonds is 6. The third-order valence-corrected chi connectivity index (χ3v) is 9.05. The maximum atomic E-state index is 6.01. The lowest BCUT2D eigenvalue weighted by Crippen LogP contribution is -3.57. The Morgan fingerprint density at radius 1 is 0.562 bits per heavy atom. The van der Waals surface area contributed by atoms with E-state index in [1.54, 1.807) is 29.4 Å². The van der Waals surface area contributed by atoms with E-state index in [2.05, 4.69) is 12.1 Å². The van der Waals surface area contributed by atoms with E-state index >= 15 is 0 Å². The first-order chi connectivity index (χ1) is 15.5. The minimum atomic E-state index is 1.06. The molecule has 8 aliphatic heterocycles. The maximum Gasteiger partial charge on any atom is 0.223 e. The van der Waals surface area contributed by atoms with Gasteiger partial charge in [0.15, 0.2) is 0 Å². The third kappa shape index (κ3) is 3.17. The Labute approximate surface area is 190 Å². The van der Waals surface area contributed by atoms with Crippen LogP contribution in [0.25, 0.3) is 0 Å². The van der Waals surface area contributed by atoms with Crippen molar-refractivity contribution in [1.82, 2.24) is 0 Å². The summed E-state index contributed by atoms with van der Waals surface area (Å²) in [6.45, 7) is 17.5. The van der Waals surface area contributed by atoms with Crippen molar-refractivity contribution < 1.29 is 47.8 Å². The molecule has 8 bridgehead atoms. The van der Waals surface area contributed by atoms with Gasteiger partial charge in [0.2, 0.25) is 80.0 Å². The highest BCUT2D eigenvalue weighted by atomic mass is 16.5. The van der Waals surface area contributed by atoms with Gasteiger partial charge < -0.3 is 9.47 Å². The lowest BCUT2D eigenvalue weighted by molar-refractivity contribution is -1.43. The fraction of sp³-hybridized carbons (Fsp3) is 0.727. The highest BCUT2D eigenvalue weighted by molar-refractivity contribution is 5.46. The lowest BCUT2D eigenvalue weighted by Gasteiger charge is -2.53. The molecule has 174 valence electrons. The first-order valence-electron chi connectivity index (χ1n) is 12.5. The largest absolute Gasteiger partial charge is 0.496 e. The smallest absolute Gasteiger partial charge is 0.223 e. The fourth-order valence-electron chi connectivity index (χ4n) is 8.68. The van der Waals surface area contributed by atoms with Crippen LogP contribution in [0.5, 0.6) is 11.5 Å². The standard InChI is InChI=1S/C22H36N8O2/c1-31-21-3-20(6-30-16-26-10-27(17-30)12-28(11-26)18-30)22(32-2)4-19(21)5-29-13-23-7-24(14-29)9-25(8-23)15-29/h3-4H,5-18H2,1-2H3/q+2/p+6. The van der Waals surface area contributed by atoms with Crippen molar-refractivity contribution >= 4 is 0 Å². The van der Waals surface area contributed by atoms with Crippen LogP contribution in [0.3, 0.4) is 0 Å². The van der Waals surface area contributed by atoms with Gasteiger partial charge >= 0.3 is 0 Å². The zero-order valence-electron chi connectivity index (χ0n) is 19.8. The van der Waals surface area contributed by atoms with Crippen LogP contribution in [0, 0.1) is 0 Å². The van der Waals surface area contributed by atoms with Crippen LogP contribution in [0.15, 0.2) is 12.1 Å². The minimum absolute atomic E-state index is 1.06. The van der Waals surface area contributed by atoms with Gasteiger partial charge in [0.05, 0.1) is 25.3 Å². The van der Waals surface area contributed by atoms with Crippen molar-refractivity contribution in [3.05, 3.63) is 23.3 Å². The summed E-state index contributed by atoms with van der Waals surface area (Å²) < 4.78 is 14.4. The molecule has 10 nitrogen and oxygen atoms in total. The molecule has 8 saturated heterocycles. The molecule has 10 heteroatoms. The van der Waals surface area contributed by atoms with Gasteiger partial charge in [-0.15, -0.1) is 0 Å². The predicted molar refractivity (Wildman–Crippen MR) is 112 cm³/mol. The van der Waals surface area contributed by atoms with Crippen LogP contribution in [-0.2, 0) is 13.1 Å². The summed E-state index contributed by atoms with van der Waals surface area (Å²) in [7, 11) is 3.70. The van der Waals surface area contributed by atoms with Crippen molar-refractivity contribution in [3.8, 4) is 11.5 Å². The maximum absolute atomic E-state index is 6.01. The molecule has 1 aromatic carbocycles. The topological polar surface area (TPSA) is 45.1 Å².